The number of aliphatic hydroxyl groups excluding tert-OH is 1. The average Bonchev–Trinajstić information content (AvgIpc) is 2.54. The van der Waals surface area contributed by atoms with E-state index in [-0.39, 0.29) is 24.3 Å². The first-order valence-corrected chi connectivity index (χ1v) is 8.45. The van der Waals surface area contributed by atoms with Crippen molar-refractivity contribution >= 4 is 33.4 Å². The van der Waals surface area contributed by atoms with Gasteiger partial charge >= 0.3 is 6.18 Å². The van der Waals surface area contributed by atoms with Crippen molar-refractivity contribution in [2.45, 2.75) is 26.1 Å². The van der Waals surface area contributed by atoms with Gasteiger partial charge in [0.25, 0.3) is 0 Å². The second kappa shape index (κ2) is 8.17. The number of nitrogens with zero attached hydrogens (tertiary/aromatic N) is 2. The van der Waals surface area contributed by atoms with Gasteiger partial charge in [-0.2, -0.15) is 18.2 Å². The number of rotatable bonds is 6. The van der Waals surface area contributed by atoms with Crippen LogP contribution in [0.25, 0.3) is 0 Å². The van der Waals surface area contributed by atoms with Gasteiger partial charge in [0.05, 0.1) is 18.3 Å². The lowest BCUT2D eigenvalue weighted by atomic mass is 10.1. The van der Waals surface area contributed by atoms with Gasteiger partial charge < -0.3 is 15.7 Å². The Hall–Kier alpha value is -1.94. The minimum absolute atomic E-state index is 0.0548. The SMILES string of the molecule is CC(C)[C@@H](CO)Nc1nc(Nc2ccc(F)cc2Br)cc(C(F)(F)F)n1. The Morgan fingerprint density at radius 3 is 2.42 bits per heavy atom. The summed E-state index contributed by atoms with van der Waals surface area (Å²) < 4.78 is 52.9. The van der Waals surface area contributed by atoms with Gasteiger partial charge in [0.2, 0.25) is 5.95 Å². The summed E-state index contributed by atoms with van der Waals surface area (Å²) in [6, 6.07) is 3.95. The van der Waals surface area contributed by atoms with Crippen molar-refractivity contribution in [2.75, 3.05) is 17.2 Å². The van der Waals surface area contributed by atoms with Crippen molar-refractivity contribution < 1.29 is 22.7 Å². The second-order valence-corrected chi connectivity index (χ2v) is 6.74. The monoisotopic (exact) mass is 436 g/mol. The highest BCUT2D eigenvalue weighted by Crippen LogP contribution is 2.32. The Labute approximate surface area is 156 Å². The first kappa shape index (κ1) is 20.4. The largest absolute Gasteiger partial charge is 0.433 e. The van der Waals surface area contributed by atoms with Crippen molar-refractivity contribution in [3.8, 4) is 0 Å². The zero-order valence-electron chi connectivity index (χ0n) is 13.9. The normalized spacial score (nSPS) is 13.0. The number of alkyl halides is 3. The molecule has 5 nitrogen and oxygen atoms in total. The van der Waals surface area contributed by atoms with Gasteiger partial charge in [0, 0.05) is 10.5 Å². The highest BCUT2D eigenvalue weighted by Gasteiger charge is 2.34. The molecule has 0 saturated carbocycles. The number of aliphatic hydroxyl groups is 1. The molecule has 1 atom stereocenters. The van der Waals surface area contributed by atoms with Gasteiger partial charge in [0.15, 0.2) is 5.69 Å². The van der Waals surface area contributed by atoms with Gasteiger partial charge in [-0.05, 0) is 40.0 Å². The van der Waals surface area contributed by atoms with Crippen LogP contribution in [0.3, 0.4) is 0 Å². The summed E-state index contributed by atoms with van der Waals surface area (Å²) in [7, 11) is 0. The van der Waals surface area contributed by atoms with E-state index in [0.29, 0.717) is 10.2 Å². The highest BCUT2D eigenvalue weighted by atomic mass is 79.9. The molecule has 0 bridgehead atoms. The molecule has 3 N–H and O–H groups in total. The van der Waals surface area contributed by atoms with Crippen molar-refractivity contribution in [1.82, 2.24) is 9.97 Å². The van der Waals surface area contributed by atoms with Crippen LogP contribution in [0.15, 0.2) is 28.7 Å². The van der Waals surface area contributed by atoms with Crippen LogP contribution < -0.4 is 10.6 Å². The summed E-state index contributed by atoms with van der Waals surface area (Å²) >= 11 is 3.13. The van der Waals surface area contributed by atoms with E-state index in [9.17, 15) is 22.7 Å². The molecule has 0 spiro atoms. The van der Waals surface area contributed by atoms with E-state index in [0.717, 1.165) is 6.07 Å². The molecule has 142 valence electrons. The lowest BCUT2D eigenvalue weighted by molar-refractivity contribution is -0.141. The quantitative estimate of drug-likeness (QED) is 0.578. The third-order valence-corrected chi connectivity index (χ3v) is 4.18. The Morgan fingerprint density at radius 1 is 1.19 bits per heavy atom. The predicted octanol–water partition coefficient (Wildman–Crippen LogP) is 4.57. The van der Waals surface area contributed by atoms with E-state index in [1.807, 2.05) is 0 Å². The first-order chi connectivity index (χ1) is 12.1. The maximum Gasteiger partial charge on any atom is 0.433 e. The van der Waals surface area contributed by atoms with Crippen molar-refractivity contribution in [1.29, 1.82) is 0 Å². The highest BCUT2D eigenvalue weighted by molar-refractivity contribution is 9.10. The fourth-order valence-electron chi connectivity index (χ4n) is 2.04. The van der Waals surface area contributed by atoms with E-state index in [1.54, 1.807) is 13.8 Å². The number of nitrogens with one attached hydrogen (secondary N) is 2. The van der Waals surface area contributed by atoms with Crippen LogP contribution in [0.4, 0.5) is 35.0 Å². The standard InChI is InChI=1S/C16H17BrF4N4O/c1-8(2)12(7-26)23-15-24-13(16(19,20)21)6-14(25-15)22-11-4-3-9(18)5-10(11)17/h3-6,8,12,26H,7H2,1-2H3,(H2,22,23,24,25)/t12-/m1/s1. The molecule has 0 unspecified atom stereocenters. The fourth-order valence-corrected chi connectivity index (χ4v) is 2.49. The zero-order chi connectivity index (χ0) is 19.5. The Bertz CT molecular complexity index is 770. The van der Waals surface area contributed by atoms with Gasteiger partial charge in [-0.1, -0.05) is 13.8 Å². The van der Waals surface area contributed by atoms with Gasteiger partial charge in [-0.15, -0.1) is 0 Å². The van der Waals surface area contributed by atoms with E-state index in [4.69, 9.17) is 0 Å². The number of anilines is 3. The molecule has 0 aliphatic carbocycles. The van der Waals surface area contributed by atoms with E-state index in [1.165, 1.54) is 18.2 Å². The Balaban J connectivity index is 2.39. The minimum Gasteiger partial charge on any atom is -0.394 e. The molecule has 0 fully saturated rings. The van der Waals surface area contributed by atoms with Crippen LogP contribution in [-0.2, 0) is 6.18 Å². The molecule has 0 aliphatic rings. The van der Waals surface area contributed by atoms with Crippen molar-refractivity contribution in [2.24, 2.45) is 5.92 Å². The summed E-state index contributed by atoms with van der Waals surface area (Å²) in [4.78, 5) is 7.50. The predicted molar refractivity (Wildman–Crippen MR) is 93.8 cm³/mol. The van der Waals surface area contributed by atoms with E-state index >= 15 is 0 Å². The summed E-state index contributed by atoms with van der Waals surface area (Å²) in [5.74, 6) is -0.942. The summed E-state index contributed by atoms with van der Waals surface area (Å²) in [5.41, 5.74) is -0.803. The average molecular weight is 437 g/mol. The topological polar surface area (TPSA) is 70.1 Å². The molecule has 0 aliphatic heterocycles. The molecule has 26 heavy (non-hydrogen) atoms. The maximum atomic E-state index is 13.2. The molecular weight excluding hydrogens is 420 g/mol. The lowest BCUT2D eigenvalue weighted by Gasteiger charge is -2.21. The fraction of sp³-hybridized carbons (Fsp3) is 0.375. The number of hydrogen-bond donors (Lipinski definition) is 3. The van der Waals surface area contributed by atoms with Crippen LogP contribution in [0.2, 0.25) is 0 Å². The van der Waals surface area contributed by atoms with Crippen molar-refractivity contribution in [3.63, 3.8) is 0 Å². The molecule has 1 aromatic carbocycles. The minimum atomic E-state index is -4.68. The zero-order valence-corrected chi connectivity index (χ0v) is 15.5. The molecule has 0 saturated heterocycles. The number of aromatic nitrogens is 2. The molecular formula is C16H17BrF4N4O. The molecule has 0 radical (unpaired) electrons. The van der Waals surface area contributed by atoms with Crippen molar-refractivity contribution in [3.05, 3.63) is 40.2 Å². The van der Waals surface area contributed by atoms with Crippen LogP contribution in [0.5, 0.6) is 0 Å². The molecule has 2 rings (SSSR count). The van der Waals surface area contributed by atoms with Crippen LogP contribution >= 0.6 is 15.9 Å². The Kier molecular flexibility index (Phi) is 6.40. The maximum absolute atomic E-state index is 13.2. The lowest BCUT2D eigenvalue weighted by Crippen LogP contribution is -2.30. The molecule has 0 amide bonds. The van der Waals surface area contributed by atoms with Crippen LogP contribution in [-0.4, -0.2) is 27.7 Å². The third kappa shape index (κ3) is 5.28. The van der Waals surface area contributed by atoms with Crippen LogP contribution in [0, 0.1) is 11.7 Å². The summed E-state index contributed by atoms with van der Waals surface area (Å²) in [6.07, 6.45) is -4.68. The van der Waals surface area contributed by atoms with Gasteiger partial charge in [-0.25, -0.2) is 9.37 Å². The van der Waals surface area contributed by atoms with Gasteiger partial charge in [-0.3, -0.25) is 0 Å². The van der Waals surface area contributed by atoms with Crippen LogP contribution in [0.1, 0.15) is 19.5 Å². The summed E-state index contributed by atoms with van der Waals surface area (Å²) in [5, 5.41) is 14.8. The number of benzene rings is 1. The summed E-state index contributed by atoms with van der Waals surface area (Å²) in [6.45, 7) is 3.32. The molecule has 1 heterocycles. The number of halogens is 5. The first-order valence-electron chi connectivity index (χ1n) is 7.66. The molecule has 10 heteroatoms. The Morgan fingerprint density at radius 2 is 1.88 bits per heavy atom. The molecule has 2 aromatic rings. The van der Waals surface area contributed by atoms with E-state index < -0.39 is 23.7 Å². The van der Waals surface area contributed by atoms with E-state index in [2.05, 4.69) is 36.5 Å². The number of hydrogen-bond acceptors (Lipinski definition) is 5. The smallest absolute Gasteiger partial charge is 0.394 e. The van der Waals surface area contributed by atoms with Gasteiger partial charge in [0.1, 0.15) is 11.6 Å². The second-order valence-electron chi connectivity index (χ2n) is 5.89. The molecule has 1 aromatic heterocycles. The third-order valence-electron chi connectivity index (χ3n) is 3.53.